The van der Waals surface area contributed by atoms with Gasteiger partial charge in [-0.2, -0.15) is 0 Å². The first-order valence-electron chi connectivity index (χ1n) is 6.04. The Morgan fingerprint density at radius 2 is 1.94 bits per heavy atom. The molecule has 1 aliphatic rings. The van der Waals surface area contributed by atoms with Gasteiger partial charge in [-0.25, -0.2) is 0 Å². The molecule has 0 saturated carbocycles. The third-order valence-corrected chi connectivity index (χ3v) is 3.24. The molecular formula is C15H15NO. The van der Waals surface area contributed by atoms with Crippen molar-refractivity contribution in [3.8, 4) is 11.1 Å². The van der Waals surface area contributed by atoms with Crippen LogP contribution >= 0.6 is 0 Å². The first-order chi connectivity index (χ1) is 8.45. The second-order valence-electron chi connectivity index (χ2n) is 4.34. The van der Waals surface area contributed by atoms with Crippen LogP contribution in [0.3, 0.4) is 0 Å². The van der Waals surface area contributed by atoms with E-state index in [-0.39, 0.29) is 0 Å². The van der Waals surface area contributed by atoms with Crippen LogP contribution in [0.15, 0.2) is 42.7 Å². The first-order valence-corrected chi connectivity index (χ1v) is 6.04. The average Bonchev–Trinajstić information content (AvgIpc) is 2.64. The second-order valence-corrected chi connectivity index (χ2v) is 4.34. The van der Waals surface area contributed by atoms with Crippen molar-refractivity contribution in [3.05, 3.63) is 53.9 Å². The third kappa shape index (κ3) is 2.08. The number of fused-ring (bicyclic) bond motifs is 1. The summed E-state index contributed by atoms with van der Waals surface area (Å²) < 4.78 is 5.60. The number of ether oxygens (including phenoxy) is 1. The number of benzene rings is 1. The molecule has 0 radical (unpaired) electrons. The second kappa shape index (κ2) is 4.68. The molecule has 3 rings (SSSR count). The quantitative estimate of drug-likeness (QED) is 0.743. The first kappa shape index (κ1) is 10.5. The molecule has 0 N–H and O–H groups in total. The van der Waals surface area contributed by atoms with Crippen LogP contribution in [0.5, 0.6) is 0 Å². The lowest BCUT2D eigenvalue weighted by Crippen LogP contribution is -1.95. The maximum atomic E-state index is 5.60. The molecule has 2 aromatic rings. The third-order valence-electron chi connectivity index (χ3n) is 3.24. The predicted molar refractivity (Wildman–Crippen MR) is 67.7 cm³/mol. The van der Waals surface area contributed by atoms with Gasteiger partial charge in [0.25, 0.3) is 0 Å². The maximum Gasteiger partial charge on any atom is 0.0719 e. The van der Waals surface area contributed by atoms with Gasteiger partial charge in [-0.15, -0.1) is 0 Å². The van der Waals surface area contributed by atoms with Crippen molar-refractivity contribution in [2.24, 2.45) is 0 Å². The molecule has 0 spiro atoms. The van der Waals surface area contributed by atoms with E-state index in [1.807, 2.05) is 12.4 Å². The van der Waals surface area contributed by atoms with Crippen molar-refractivity contribution >= 4 is 0 Å². The molecule has 86 valence electrons. The zero-order chi connectivity index (χ0) is 11.5. The summed E-state index contributed by atoms with van der Waals surface area (Å²) in [6.45, 7) is 1.61. The van der Waals surface area contributed by atoms with Gasteiger partial charge >= 0.3 is 0 Å². The van der Waals surface area contributed by atoms with E-state index in [0.717, 1.165) is 26.1 Å². The van der Waals surface area contributed by atoms with Crippen LogP contribution < -0.4 is 0 Å². The van der Waals surface area contributed by atoms with E-state index in [1.54, 1.807) is 0 Å². The van der Waals surface area contributed by atoms with E-state index in [1.165, 1.54) is 22.3 Å². The molecule has 2 heterocycles. The molecule has 0 fully saturated rings. The fourth-order valence-corrected chi connectivity index (χ4v) is 2.40. The lowest BCUT2D eigenvalue weighted by atomic mass is 9.94. The number of pyridine rings is 1. The zero-order valence-electron chi connectivity index (χ0n) is 9.73. The highest BCUT2D eigenvalue weighted by Crippen LogP contribution is 2.28. The van der Waals surface area contributed by atoms with E-state index in [9.17, 15) is 0 Å². The highest BCUT2D eigenvalue weighted by atomic mass is 16.5. The molecule has 0 amide bonds. The molecule has 0 aliphatic carbocycles. The van der Waals surface area contributed by atoms with E-state index in [2.05, 4.69) is 35.3 Å². The highest BCUT2D eigenvalue weighted by Gasteiger charge is 2.12. The smallest absolute Gasteiger partial charge is 0.0719 e. The lowest BCUT2D eigenvalue weighted by molar-refractivity contribution is 0.125. The standard InChI is InChI=1S/C15H15NO/c1-3-13-11-17-10-2-5-15(13)14(4-1)12-6-8-16-9-7-12/h1,3-4,6-9H,2,5,10-11H2. The number of nitrogens with zero attached hydrogens (tertiary/aromatic N) is 1. The Hall–Kier alpha value is -1.67. The van der Waals surface area contributed by atoms with E-state index >= 15 is 0 Å². The number of rotatable bonds is 1. The van der Waals surface area contributed by atoms with Gasteiger partial charge < -0.3 is 4.74 Å². The van der Waals surface area contributed by atoms with Crippen LogP contribution in [0.2, 0.25) is 0 Å². The van der Waals surface area contributed by atoms with Gasteiger partial charge in [0.15, 0.2) is 0 Å². The van der Waals surface area contributed by atoms with Gasteiger partial charge in [0.1, 0.15) is 0 Å². The minimum absolute atomic E-state index is 0.744. The van der Waals surface area contributed by atoms with Gasteiger partial charge in [-0.3, -0.25) is 4.98 Å². The van der Waals surface area contributed by atoms with E-state index in [4.69, 9.17) is 4.74 Å². The summed E-state index contributed by atoms with van der Waals surface area (Å²) in [5.74, 6) is 0. The van der Waals surface area contributed by atoms with E-state index in [0.29, 0.717) is 0 Å². The van der Waals surface area contributed by atoms with E-state index < -0.39 is 0 Å². The maximum absolute atomic E-state index is 5.60. The predicted octanol–water partition coefficient (Wildman–Crippen LogP) is 3.21. The Bertz CT molecular complexity index is 508. The number of aromatic nitrogens is 1. The molecule has 1 aromatic carbocycles. The summed E-state index contributed by atoms with van der Waals surface area (Å²) in [6.07, 6.45) is 5.91. The van der Waals surface area contributed by atoms with Gasteiger partial charge in [0, 0.05) is 19.0 Å². The lowest BCUT2D eigenvalue weighted by Gasteiger charge is -2.11. The number of hydrogen-bond acceptors (Lipinski definition) is 2. The summed E-state index contributed by atoms with van der Waals surface area (Å²) >= 11 is 0. The van der Waals surface area contributed by atoms with Crippen molar-refractivity contribution in [3.63, 3.8) is 0 Å². The minimum atomic E-state index is 0.744. The van der Waals surface area contributed by atoms with Crippen LogP contribution in [0.1, 0.15) is 17.5 Å². The van der Waals surface area contributed by atoms with Gasteiger partial charge in [0.05, 0.1) is 6.61 Å². The van der Waals surface area contributed by atoms with Crippen molar-refractivity contribution in [2.75, 3.05) is 6.61 Å². The largest absolute Gasteiger partial charge is 0.377 e. The Balaban J connectivity index is 2.11. The van der Waals surface area contributed by atoms with Crippen LogP contribution in [0.25, 0.3) is 11.1 Å². The summed E-state index contributed by atoms with van der Waals surface area (Å²) in [7, 11) is 0. The van der Waals surface area contributed by atoms with Crippen molar-refractivity contribution in [1.82, 2.24) is 4.98 Å². The molecule has 0 bridgehead atoms. The molecule has 2 heteroatoms. The molecule has 17 heavy (non-hydrogen) atoms. The summed E-state index contributed by atoms with van der Waals surface area (Å²) in [5.41, 5.74) is 5.35. The van der Waals surface area contributed by atoms with Crippen LogP contribution in [0, 0.1) is 0 Å². The molecule has 1 aromatic heterocycles. The SMILES string of the molecule is c1cc2c(c(-c3ccncc3)c1)CCCOC2. The van der Waals surface area contributed by atoms with Gasteiger partial charge in [-0.1, -0.05) is 18.2 Å². The Morgan fingerprint density at radius 3 is 2.82 bits per heavy atom. The highest BCUT2D eigenvalue weighted by molar-refractivity contribution is 5.68. The van der Waals surface area contributed by atoms with Crippen LogP contribution in [0.4, 0.5) is 0 Å². The molecular weight excluding hydrogens is 210 g/mol. The summed E-state index contributed by atoms with van der Waals surface area (Å²) in [6, 6.07) is 10.6. The molecule has 0 atom stereocenters. The zero-order valence-corrected chi connectivity index (χ0v) is 9.73. The van der Waals surface area contributed by atoms with Crippen LogP contribution in [-0.4, -0.2) is 11.6 Å². The minimum Gasteiger partial charge on any atom is -0.377 e. The van der Waals surface area contributed by atoms with Gasteiger partial charge in [0.2, 0.25) is 0 Å². The Morgan fingerprint density at radius 1 is 1.06 bits per heavy atom. The Labute approximate surface area is 101 Å². The summed E-state index contributed by atoms with van der Waals surface area (Å²) in [4.78, 5) is 4.08. The van der Waals surface area contributed by atoms with Crippen molar-refractivity contribution in [2.45, 2.75) is 19.4 Å². The summed E-state index contributed by atoms with van der Waals surface area (Å²) in [5, 5.41) is 0. The normalized spacial score (nSPS) is 15.1. The monoisotopic (exact) mass is 225 g/mol. The fraction of sp³-hybridized carbons (Fsp3) is 0.267. The van der Waals surface area contributed by atoms with Crippen LogP contribution in [-0.2, 0) is 17.8 Å². The fourth-order valence-electron chi connectivity index (χ4n) is 2.40. The topological polar surface area (TPSA) is 22.1 Å². The molecule has 1 aliphatic heterocycles. The van der Waals surface area contributed by atoms with Crippen molar-refractivity contribution < 1.29 is 4.74 Å². The molecule has 0 saturated heterocycles. The van der Waals surface area contributed by atoms with Crippen molar-refractivity contribution in [1.29, 1.82) is 0 Å². The molecule has 0 unspecified atom stereocenters. The van der Waals surface area contributed by atoms with Gasteiger partial charge in [-0.05, 0) is 47.2 Å². The number of hydrogen-bond donors (Lipinski definition) is 0. The molecule has 2 nitrogen and oxygen atoms in total. The average molecular weight is 225 g/mol. The Kier molecular flexibility index (Phi) is 2.88.